The van der Waals surface area contributed by atoms with Crippen LogP contribution >= 0.6 is 0 Å². The highest BCUT2D eigenvalue weighted by molar-refractivity contribution is 5.61. The maximum Gasteiger partial charge on any atom is 0.430 e. The Morgan fingerprint density at radius 2 is 1.76 bits per heavy atom. The molecule has 2 aromatic carbocycles. The van der Waals surface area contributed by atoms with Crippen LogP contribution in [0.5, 0.6) is 17.2 Å². The number of hydrogen-bond donors (Lipinski definition) is 0. The Balaban J connectivity index is 2.31. The van der Waals surface area contributed by atoms with Crippen molar-refractivity contribution >= 4 is 5.69 Å². The highest BCUT2D eigenvalue weighted by atomic mass is 16.5. The molecule has 0 spiro atoms. The number of rotatable bonds is 3. The number of para-hydroxylation sites is 1. The number of ether oxygens (including phenoxy) is 2. The van der Waals surface area contributed by atoms with Gasteiger partial charge in [0, 0.05) is 0 Å². The number of methoxy groups -OCH3 is 1. The van der Waals surface area contributed by atoms with E-state index in [0.717, 1.165) is 0 Å². The predicted molar refractivity (Wildman–Crippen MR) is 64.3 cm³/mol. The van der Waals surface area contributed by atoms with E-state index >= 15 is 0 Å². The molecule has 2 rings (SSSR count). The lowest BCUT2D eigenvalue weighted by atomic mass is 10.2. The monoisotopic (exact) mass is 227 g/mol. The minimum Gasteiger partial charge on any atom is -0.496 e. The first-order valence-electron chi connectivity index (χ1n) is 5.09. The molecule has 4 nitrogen and oxygen atoms in total. The molecule has 0 bridgehead atoms. The van der Waals surface area contributed by atoms with E-state index in [1.807, 2.05) is 30.3 Å². The lowest BCUT2D eigenvalue weighted by molar-refractivity contribution is 0.413. The second-order valence-electron chi connectivity index (χ2n) is 3.35. The fraction of sp³-hybridized carbons (Fsp3) is 0.0769. The fourth-order valence-electron chi connectivity index (χ4n) is 1.40. The average Bonchev–Trinajstić information content (AvgIpc) is 2.40. The summed E-state index contributed by atoms with van der Waals surface area (Å²) < 4.78 is 10.6. The molecule has 0 N–H and O–H groups in total. The molecule has 17 heavy (non-hydrogen) atoms. The van der Waals surface area contributed by atoms with Crippen LogP contribution in [0.4, 0.5) is 5.69 Å². The summed E-state index contributed by atoms with van der Waals surface area (Å²) in [6.07, 6.45) is 0. The standard InChI is InChI=1S/C13H11N2O2/c1-16-11-7-8-13(12(9-11)15-14)17-10-5-3-2-4-6-10/h2-9H,1H3/q+1. The average molecular weight is 227 g/mol. The van der Waals surface area contributed by atoms with E-state index in [-0.39, 0.29) is 0 Å². The van der Waals surface area contributed by atoms with Gasteiger partial charge in [-0.3, -0.25) is 0 Å². The second kappa shape index (κ2) is 4.99. The van der Waals surface area contributed by atoms with Gasteiger partial charge in [0.25, 0.3) is 0 Å². The third-order valence-corrected chi connectivity index (χ3v) is 2.24. The van der Waals surface area contributed by atoms with E-state index in [2.05, 4.69) is 4.98 Å². The van der Waals surface area contributed by atoms with Gasteiger partial charge in [0.2, 0.25) is 11.1 Å². The highest BCUT2D eigenvalue weighted by Gasteiger charge is 2.17. The molecule has 0 fully saturated rings. The quantitative estimate of drug-likeness (QED) is 0.745. The molecule has 0 amide bonds. The fourth-order valence-corrected chi connectivity index (χ4v) is 1.40. The minimum atomic E-state index is 0.327. The van der Waals surface area contributed by atoms with Crippen molar-refractivity contribution in [2.75, 3.05) is 7.11 Å². The summed E-state index contributed by atoms with van der Waals surface area (Å²) in [4.78, 5) is 3.17. The van der Waals surface area contributed by atoms with Gasteiger partial charge < -0.3 is 9.47 Å². The predicted octanol–water partition coefficient (Wildman–Crippen LogP) is 3.97. The van der Waals surface area contributed by atoms with Crippen LogP contribution in [0, 0.1) is 5.39 Å². The number of diazo groups is 1. The van der Waals surface area contributed by atoms with Crippen molar-refractivity contribution in [1.29, 1.82) is 5.39 Å². The van der Waals surface area contributed by atoms with E-state index < -0.39 is 0 Å². The van der Waals surface area contributed by atoms with E-state index in [9.17, 15) is 0 Å². The Morgan fingerprint density at radius 3 is 2.41 bits per heavy atom. The van der Waals surface area contributed by atoms with Gasteiger partial charge in [-0.1, -0.05) is 18.2 Å². The third-order valence-electron chi connectivity index (χ3n) is 2.24. The van der Waals surface area contributed by atoms with Gasteiger partial charge in [-0.25, -0.2) is 0 Å². The van der Waals surface area contributed by atoms with Crippen LogP contribution in [-0.4, -0.2) is 7.11 Å². The van der Waals surface area contributed by atoms with E-state index in [0.29, 0.717) is 22.9 Å². The van der Waals surface area contributed by atoms with Crippen molar-refractivity contribution in [2.45, 2.75) is 0 Å². The lowest BCUT2D eigenvalue weighted by Crippen LogP contribution is -1.86. The zero-order valence-corrected chi connectivity index (χ0v) is 9.33. The topological polar surface area (TPSA) is 46.6 Å². The van der Waals surface area contributed by atoms with Crippen molar-refractivity contribution in [3.63, 3.8) is 0 Å². The van der Waals surface area contributed by atoms with Crippen LogP contribution in [-0.2, 0) is 0 Å². The van der Waals surface area contributed by atoms with Crippen LogP contribution in [0.1, 0.15) is 0 Å². The van der Waals surface area contributed by atoms with Crippen molar-refractivity contribution in [3.05, 3.63) is 53.5 Å². The number of hydrogen-bond acceptors (Lipinski definition) is 3. The van der Waals surface area contributed by atoms with E-state index in [4.69, 9.17) is 14.9 Å². The molecule has 4 heteroatoms. The zero-order chi connectivity index (χ0) is 12.1. The normalized spacial score (nSPS) is 9.41. The van der Waals surface area contributed by atoms with Crippen molar-refractivity contribution in [3.8, 4) is 17.2 Å². The van der Waals surface area contributed by atoms with Crippen LogP contribution in [0.3, 0.4) is 0 Å². The summed E-state index contributed by atoms with van der Waals surface area (Å²) in [6, 6.07) is 14.3. The molecule has 0 aromatic heterocycles. The van der Waals surface area contributed by atoms with Crippen LogP contribution in [0.2, 0.25) is 0 Å². The molecule has 0 atom stereocenters. The number of benzene rings is 2. The molecule has 0 aliphatic heterocycles. The summed E-state index contributed by atoms with van der Waals surface area (Å²) in [6.45, 7) is 0. The third kappa shape index (κ3) is 2.52. The van der Waals surface area contributed by atoms with Crippen molar-refractivity contribution in [1.82, 2.24) is 0 Å². The molecule has 0 heterocycles. The zero-order valence-electron chi connectivity index (χ0n) is 9.33. The first-order valence-corrected chi connectivity index (χ1v) is 5.09. The van der Waals surface area contributed by atoms with Crippen LogP contribution < -0.4 is 9.47 Å². The Hall–Kier alpha value is -2.54. The number of nitrogens with zero attached hydrogens (tertiary/aromatic N) is 2. The molecule has 84 valence electrons. The Labute approximate surface area is 99.0 Å². The van der Waals surface area contributed by atoms with Crippen molar-refractivity contribution in [2.24, 2.45) is 0 Å². The first-order chi connectivity index (χ1) is 8.33. The smallest absolute Gasteiger partial charge is 0.430 e. The van der Waals surface area contributed by atoms with Gasteiger partial charge >= 0.3 is 5.69 Å². The Morgan fingerprint density at radius 1 is 1.00 bits per heavy atom. The molecule has 0 unspecified atom stereocenters. The van der Waals surface area contributed by atoms with Crippen LogP contribution in [0.15, 0.2) is 48.5 Å². The molecular weight excluding hydrogens is 216 g/mol. The van der Waals surface area contributed by atoms with Gasteiger partial charge in [-0.2, -0.15) is 0 Å². The molecule has 2 aromatic rings. The minimum absolute atomic E-state index is 0.327. The van der Waals surface area contributed by atoms with E-state index in [1.165, 1.54) is 0 Å². The van der Waals surface area contributed by atoms with Gasteiger partial charge in [0.15, 0.2) is 4.98 Å². The summed E-state index contributed by atoms with van der Waals surface area (Å²) in [5.41, 5.74) is 0.327. The van der Waals surface area contributed by atoms with Gasteiger partial charge in [0.05, 0.1) is 13.2 Å². The highest BCUT2D eigenvalue weighted by Crippen LogP contribution is 2.34. The van der Waals surface area contributed by atoms with E-state index in [1.54, 1.807) is 25.3 Å². The summed E-state index contributed by atoms with van der Waals surface area (Å²) >= 11 is 0. The molecule has 0 saturated heterocycles. The molecule has 0 aliphatic carbocycles. The summed E-state index contributed by atoms with van der Waals surface area (Å²) in [5, 5.41) is 8.91. The Kier molecular flexibility index (Phi) is 3.22. The van der Waals surface area contributed by atoms with Gasteiger partial charge in [0.1, 0.15) is 11.5 Å². The molecule has 0 radical (unpaired) electrons. The molecular formula is C13H11N2O2+. The molecule has 0 saturated carbocycles. The second-order valence-corrected chi connectivity index (χ2v) is 3.35. The Bertz CT molecular complexity index is 547. The summed E-state index contributed by atoms with van der Waals surface area (Å²) in [5.74, 6) is 1.76. The van der Waals surface area contributed by atoms with Gasteiger partial charge in [-0.05, 0) is 24.3 Å². The summed E-state index contributed by atoms with van der Waals surface area (Å²) in [7, 11) is 1.55. The van der Waals surface area contributed by atoms with Crippen LogP contribution in [0.25, 0.3) is 4.98 Å². The largest absolute Gasteiger partial charge is 0.496 e. The SMILES string of the molecule is COc1ccc(Oc2ccccc2)c([N+]#N)c1. The molecule has 0 aliphatic rings. The lowest BCUT2D eigenvalue weighted by Gasteiger charge is -2.03. The van der Waals surface area contributed by atoms with Gasteiger partial charge in [-0.15, -0.1) is 0 Å². The first kappa shape index (κ1) is 11.0. The maximum atomic E-state index is 8.91. The van der Waals surface area contributed by atoms with Crippen molar-refractivity contribution < 1.29 is 9.47 Å². The maximum absolute atomic E-state index is 8.91.